The van der Waals surface area contributed by atoms with E-state index in [9.17, 15) is 0 Å². The van der Waals surface area contributed by atoms with Gasteiger partial charge < -0.3 is 4.48 Å². The van der Waals surface area contributed by atoms with E-state index in [2.05, 4.69) is 14.1 Å². The lowest BCUT2D eigenvalue weighted by Crippen LogP contribution is -2.40. The molecule has 0 heterocycles. The largest absolute Gasteiger partial charge is 0.313 e. The van der Waals surface area contributed by atoms with Gasteiger partial charge in [-0.2, -0.15) is 0 Å². The SMILES string of the molecule is C.C[N+](C)(CCl)C1CC1. The van der Waals surface area contributed by atoms with E-state index >= 15 is 0 Å². The summed E-state index contributed by atoms with van der Waals surface area (Å²) in [6.45, 7) is 0. The van der Waals surface area contributed by atoms with Crippen molar-refractivity contribution in [2.24, 2.45) is 0 Å². The molecule has 0 N–H and O–H groups in total. The number of hydrogen-bond donors (Lipinski definition) is 0. The van der Waals surface area contributed by atoms with Crippen molar-refractivity contribution in [3.63, 3.8) is 0 Å². The van der Waals surface area contributed by atoms with Crippen LogP contribution in [0.2, 0.25) is 0 Å². The molecule has 1 aliphatic carbocycles. The van der Waals surface area contributed by atoms with E-state index in [1.807, 2.05) is 0 Å². The van der Waals surface area contributed by atoms with Crippen LogP contribution in [0.15, 0.2) is 0 Å². The Balaban J connectivity index is 0.000000640. The van der Waals surface area contributed by atoms with E-state index in [0.29, 0.717) is 0 Å². The first-order valence-corrected chi connectivity index (χ1v) is 3.59. The number of quaternary nitrogens is 1. The monoisotopic (exact) mass is 150 g/mol. The van der Waals surface area contributed by atoms with Crippen LogP contribution < -0.4 is 0 Å². The third kappa shape index (κ3) is 2.15. The molecule has 9 heavy (non-hydrogen) atoms. The quantitative estimate of drug-likeness (QED) is 0.321. The molecule has 0 saturated heterocycles. The Morgan fingerprint density at radius 2 is 1.89 bits per heavy atom. The lowest BCUT2D eigenvalue weighted by molar-refractivity contribution is -0.890. The zero-order valence-corrected chi connectivity index (χ0v) is 6.28. The van der Waals surface area contributed by atoms with Crippen LogP contribution in [-0.4, -0.2) is 30.6 Å². The molecule has 0 aromatic rings. The van der Waals surface area contributed by atoms with E-state index in [-0.39, 0.29) is 7.43 Å². The van der Waals surface area contributed by atoms with Crippen molar-refractivity contribution in [3.05, 3.63) is 0 Å². The molecule has 0 aromatic carbocycles. The van der Waals surface area contributed by atoms with Crippen molar-refractivity contribution in [2.45, 2.75) is 26.3 Å². The molecule has 1 rings (SSSR count). The van der Waals surface area contributed by atoms with Gasteiger partial charge in [-0.15, -0.1) is 0 Å². The van der Waals surface area contributed by atoms with Gasteiger partial charge in [0.05, 0.1) is 20.1 Å². The van der Waals surface area contributed by atoms with Gasteiger partial charge in [0.25, 0.3) is 0 Å². The van der Waals surface area contributed by atoms with E-state index in [1.165, 1.54) is 12.8 Å². The first-order chi connectivity index (χ1) is 3.67. The molecular weight excluding hydrogens is 134 g/mol. The first kappa shape index (κ1) is 9.25. The predicted octanol–water partition coefficient (Wildman–Crippen LogP) is 2.06. The van der Waals surface area contributed by atoms with Crippen molar-refractivity contribution in [1.29, 1.82) is 0 Å². The Morgan fingerprint density at radius 3 is 2.00 bits per heavy atom. The van der Waals surface area contributed by atoms with Gasteiger partial charge in [-0.05, 0) is 0 Å². The Morgan fingerprint density at radius 1 is 1.44 bits per heavy atom. The first-order valence-electron chi connectivity index (χ1n) is 3.05. The molecule has 1 saturated carbocycles. The van der Waals surface area contributed by atoms with Gasteiger partial charge in [0, 0.05) is 12.8 Å². The van der Waals surface area contributed by atoms with Crippen LogP contribution in [0.25, 0.3) is 0 Å². The summed E-state index contributed by atoms with van der Waals surface area (Å²) in [6, 6.07) is 1.62. The summed E-state index contributed by atoms with van der Waals surface area (Å²) < 4.78 is 1.00. The normalized spacial score (nSPS) is 19.0. The average molecular weight is 151 g/mol. The lowest BCUT2D eigenvalue weighted by atomic mass is 10.5. The van der Waals surface area contributed by atoms with Crippen molar-refractivity contribution in [1.82, 2.24) is 0 Å². The molecule has 0 radical (unpaired) electrons. The molecular formula is C7H17ClN+. The number of rotatable bonds is 2. The summed E-state index contributed by atoms with van der Waals surface area (Å²) >= 11 is 5.70. The summed E-state index contributed by atoms with van der Waals surface area (Å²) in [5.41, 5.74) is 0. The molecule has 1 fully saturated rings. The highest BCUT2D eigenvalue weighted by molar-refractivity contribution is 6.16. The maximum Gasteiger partial charge on any atom is 0.154 e. The lowest BCUT2D eigenvalue weighted by Gasteiger charge is -2.26. The second kappa shape index (κ2) is 2.89. The van der Waals surface area contributed by atoms with Gasteiger partial charge in [0.1, 0.15) is 0 Å². The van der Waals surface area contributed by atoms with Gasteiger partial charge in [0.2, 0.25) is 0 Å². The minimum atomic E-state index is 0. The van der Waals surface area contributed by atoms with Gasteiger partial charge in [0.15, 0.2) is 6.00 Å². The Hall–Kier alpha value is 0.250. The average Bonchev–Trinajstić information content (AvgIpc) is 2.44. The summed E-state index contributed by atoms with van der Waals surface area (Å²) in [6.07, 6.45) is 2.75. The van der Waals surface area contributed by atoms with Gasteiger partial charge in [-0.3, -0.25) is 0 Å². The molecule has 2 heteroatoms. The molecule has 0 atom stereocenters. The number of alkyl halides is 1. The number of halogens is 1. The smallest absolute Gasteiger partial charge is 0.154 e. The minimum absolute atomic E-state index is 0. The Bertz CT molecular complexity index is 86.9. The minimum Gasteiger partial charge on any atom is -0.313 e. The molecule has 0 amide bonds. The molecule has 0 bridgehead atoms. The Kier molecular flexibility index (Phi) is 2.97. The molecule has 0 aliphatic heterocycles. The topological polar surface area (TPSA) is 0 Å². The molecule has 1 nitrogen and oxygen atoms in total. The fourth-order valence-corrected chi connectivity index (χ4v) is 1.07. The van der Waals surface area contributed by atoms with Crippen LogP contribution in [-0.2, 0) is 0 Å². The van der Waals surface area contributed by atoms with E-state index in [1.54, 1.807) is 0 Å². The molecule has 56 valence electrons. The fraction of sp³-hybridized carbons (Fsp3) is 1.00. The predicted molar refractivity (Wildman–Crippen MR) is 42.6 cm³/mol. The molecule has 0 spiro atoms. The summed E-state index contributed by atoms with van der Waals surface area (Å²) in [5.74, 6) is 0. The highest BCUT2D eigenvalue weighted by Crippen LogP contribution is 2.30. The van der Waals surface area contributed by atoms with Gasteiger partial charge in [-0.25, -0.2) is 0 Å². The van der Waals surface area contributed by atoms with Crippen molar-refractivity contribution in [2.75, 3.05) is 20.1 Å². The van der Waals surface area contributed by atoms with Crippen molar-refractivity contribution < 1.29 is 4.48 Å². The summed E-state index contributed by atoms with van der Waals surface area (Å²) in [4.78, 5) is 0. The second-order valence-corrected chi connectivity index (χ2v) is 3.37. The number of nitrogens with zero attached hydrogens (tertiary/aromatic N) is 1. The zero-order valence-electron chi connectivity index (χ0n) is 5.52. The number of hydrogen-bond acceptors (Lipinski definition) is 0. The standard InChI is InChI=1S/C6H13ClN.CH4/c1-8(2,5-7)6-3-4-6;/h6H,3-5H2,1-2H3;1H4/q+1;. The van der Waals surface area contributed by atoms with Crippen LogP contribution in [0.5, 0.6) is 0 Å². The van der Waals surface area contributed by atoms with E-state index < -0.39 is 0 Å². The van der Waals surface area contributed by atoms with Crippen molar-refractivity contribution in [3.8, 4) is 0 Å². The third-order valence-electron chi connectivity index (χ3n) is 1.84. The van der Waals surface area contributed by atoms with Gasteiger partial charge >= 0.3 is 0 Å². The van der Waals surface area contributed by atoms with Crippen molar-refractivity contribution >= 4 is 11.6 Å². The zero-order chi connectivity index (χ0) is 6.20. The van der Waals surface area contributed by atoms with Crippen LogP contribution >= 0.6 is 11.6 Å². The van der Waals surface area contributed by atoms with Crippen LogP contribution in [0.1, 0.15) is 20.3 Å². The maximum absolute atomic E-state index is 5.70. The highest BCUT2D eigenvalue weighted by atomic mass is 35.5. The van der Waals surface area contributed by atoms with E-state index in [4.69, 9.17) is 11.6 Å². The van der Waals surface area contributed by atoms with Crippen LogP contribution in [0.4, 0.5) is 0 Å². The van der Waals surface area contributed by atoms with E-state index in [0.717, 1.165) is 16.5 Å². The molecule has 0 unspecified atom stereocenters. The molecule has 1 aliphatic rings. The highest BCUT2D eigenvalue weighted by Gasteiger charge is 2.37. The Labute approximate surface area is 63.2 Å². The third-order valence-corrected chi connectivity index (χ3v) is 2.46. The summed E-state index contributed by atoms with van der Waals surface area (Å²) in [5, 5.41) is 0. The van der Waals surface area contributed by atoms with Crippen LogP contribution in [0.3, 0.4) is 0 Å². The van der Waals surface area contributed by atoms with Gasteiger partial charge in [-0.1, -0.05) is 19.0 Å². The fourth-order valence-electron chi connectivity index (χ4n) is 0.871. The maximum atomic E-state index is 5.70. The summed E-state index contributed by atoms with van der Waals surface area (Å²) in [7, 11) is 4.37. The molecule has 0 aromatic heterocycles. The second-order valence-electron chi connectivity index (χ2n) is 3.13. The van der Waals surface area contributed by atoms with Crippen LogP contribution in [0, 0.1) is 0 Å².